The Labute approximate surface area is 150 Å². The van der Waals surface area contributed by atoms with Gasteiger partial charge in [0, 0.05) is 23.3 Å². The van der Waals surface area contributed by atoms with Gasteiger partial charge in [-0.3, -0.25) is 10.1 Å². The van der Waals surface area contributed by atoms with Crippen molar-refractivity contribution in [3.8, 4) is 17.2 Å². The Morgan fingerprint density at radius 3 is 2.08 bits per heavy atom. The van der Waals surface area contributed by atoms with Crippen LogP contribution in [0, 0.1) is 17.0 Å². The zero-order valence-electron chi connectivity index (χ0n) is 14.9. The summed E-state index contributed by atoms with van der Waals surface area (Å²) in [4.78, 5) is 22.8. The number of esters is 1. The maximum absolute atomic E-state index is 12.4. The first kappa shape index (κ1) is 19.0. The number of hydrogen-bond donors (Lipinski definition) is 0. The number of rotatable bonds is 7. The molecule has 0 aliphatic carbocycles. The Morgan fingerprint density at radius 1 is 1.00 bits per heavy atom. The Bertz CT molecular complexity index is 807. The summed E-state index contributed by atoms with van der Waals surface area (Å²) in [6.07, 6.45) is 0. The van der Waals surface area contributed by atoms with Crippen LogP contribution in [-0.4, -0.2) is 32.2 Å². The summed E-state index contributed by atoms with van der Waals surface area (Å²) in [5.41, 5.74) is 1.28. The predicted molar refractivity (Wildman–Crippen MR) is 93.1 cm³/mol. The van der Waals surface area contributed by atoms with Crippen LogP contribution in [0.25, 0.3) is 0 Å². The molecule has 8 nitrogen and oxygen atoms in total. The topological polar surface area (TPSA) is 97.1 Å². The fraction of sp³-hybridized carbons (Fsp3) is 0.278. The third kappa shape index (κ3) is 4.02. The first-order valence-electron chi connectivity index (χ1n) is 7.62. The van der Waals surface area contributed by atoms with Gasteiger partial charge in [-0.05, 0) is 25.1 Å². The molecule has 0 bridgehead atoms. The number of nitro benzene ring substituents is 1. The van der Waals surface area contributed by atoms with Gasteiger partial charge in [0.2, 0.25) is 0 Å². The van der Waals surface area contributed by atoms with Gasteiger partial charge in [0.1, 0.15) is 23.9 Å². The zero-order valence-corrected chi connectivity index (χ0v) is 14.9. The Morgan fingerprint density at radius 2 is 1.58 bits per heavy atom. The van der Waals surface area contributed by atoms with Crippen LogP contribution in [-0.2, 0) is 11.3 Å². The number of nitrogens with zero attached hydrogens (tertiary/aromatic N) is 1. The average molecular weight is 361 g/mol. The first-order valence-corrected chi connectivity index (χ1v) is 7.62. The molecule has 2 aromatic rings. The van der Waals surface area contributed by atoms with Crippen LogP contribution in [0.3, 0.4) is 0 Å². The van der Waals surface area contributed by atoms with Gasteiger partial charge < -0.3 is 18.9 Å². The molecule has 0 radical (unpaired) electrons. The minimum Gasteiger partial charge on any atom is -0.496 e. The van der Waals surface area contributed by atoms with Gasteiger partial charge in [0.15, 0.2) is 0 Å². The average Bonchev–Trinajstić information content (AvgIpc) is 2.65. The summed E-state index contributed by atoms with van der Waals surface area (Å²) in [7, 11) is 4.41. The van der Waals surface area contributed by atoms with E-state index in [0.29, 0.717) is 22.8 Å². The number of benzene rings is 2. The second kappa shape index (κ2) is 8.19. The van der Waals surface area contributed by atoms with Gasteiger partial charge in [-0.2, -0.15) is 0 Å². The van der Waals surface area contributed by atoms with E-state index in [2.05, 4.69) is 0 Å². The number of non-ortho nitro benzene ring substituents is 1. The van der Waals surface area contributed by atoms with Crippen molar-refractivity contribution in [3.05, 3.63) is 57.1 Å². The summed E-state index contributed by atoms with van der Waals surface area (Å²) in [5, 5.41) is 10.9. The van der Waals surface area contributed by atoms with E-state index in [-0.39, 0.29) is 17.9 Å². The van der Waals surface area contributed by atoms with Gasteiger partial charge in [0.25, 0.3) is 5.69 Å². The molecule has 26 heavy (non-hydrogen) atoms. The highest BCUT2D eigenvalue weighted by Gasteiger charge is 2.17. The molecule has 0 aliphatic rings. The molecule has 0 aromatic heterocycles. The smallest absolute Gasteiger partial charge is 0.338 e. The Balaban J connectivity index is 2.24. The lowest BCUT2D eigenvalue weighted by molar-refractivity contribution is -0.385. The number of hydrogen-bond acceptors (Lipinski definition) is 7. The van der Waals surface area contributed by atoms with Crippen molar-refractivity contribution in [2.24, 2.45) is 0 Å². The summed E-state index contributed by atoms with van der Waals surface area (Å²) in [5.74, 6) is 0.756. The van der Waals surface area contributed by atoms with Gasteiger partial charge in [-0.1, -0.05) is 0 Å². The van der Waals surface area contributed by atoms with Crippen molar-refractivity contribution >= 4 is 11.7 Å². The van der Waals surface area contributed by atoms with Crippen molar-refractivity contribution in [2.75, 3.05) is 21.3 Å². The highest BCUT2D eigenvalue weighted by Crippen LogP contribution is 2.30. The van der Waals surface area contributed by atoms with Crippen molar-refractivity contribution in [2.45, 2.75) is 13.5 Å². The van der Waals surface area contributed by atoms with Gasteiger partial charge >= 0.3 is 5.97 Å². The predicted octanol–water partition coefficient (Wildman–Crippen LogP) is 3.29. The first-order chi connectivity index (χ1) is 12.4. The molecule has 0 heterocycles. The van der Waals surface area contributed by atoms with Gasteiger partial charge in [0.05, 0.1) is 31.8 Å². The third-order valence-electron chi connectivity index (χ3n) is 3.82. The lowest BCUT2D eigenvalue weighted by Crippen LogP contribution is -2.08. The number of methoxy groups -OCH3 is 3. The van der Waals surface area contributed by atoms with E-state index < -0.39 is 10.9 Å². The summed E-state index contributed by atoms with van der Waals surface area (Å²) in [6.45, 7) is 1.63. The molecule has 8 heteroatoms. The van der Waals surface area contributed by atoms with E-state index in [9.17, 15) is 14.9 Å². The molecule has 0 saturated heterocycles. The molecule has 0 atom stereocenters. The van der Waals surface area contributed by atoms with Crippen molar-refractivity contribution in [1.82, 2.24) is 0 Å². The molecule has 2 rings (SSSR count). The Kier molecular flexibility index (Phi) is 6.00. The molecule has 138 valence electrons. The third-order valence-corrected chi connectivity index (χ3v) is 3.82. The largest absolute Gasteiger partial charge is 0.496 e. The number of ether oxygens (including phenoxy) is 4. The van der Waals surface area contributed by atoms with Crippen LogP contribution in [0.2, 0.25) is 0 Å². The highest BCUT2D eigenvalue weighted by molar-refractivity contribution is 5.90. The van der Waals surface area contributed by atoms with E-state index >= 15 is 0 Å². The molecule has 0 amide bonds. The summed E-state index contributed by atoms with van der Waals surface area (Å²) < 4.78 is 20.9. The molecular weight excluding hydrogens is 342 g/mol. The number of carbonyl (C=O) groups excluding carboxylic acids is 1. The minimum atomic E-state index is -0.616. The van der Waals surface area contributed by atoms with E-state index in [4.69, 9.17) is 18.9 Å². The maximum Gasteiger partial charge on any atom is 0.338 e. The van der Waals surface area contributed by atoms with Crippen LogP contribution in [0.15, 0.2) is 30.3 Å². The van der Waals surface area contributed by atoms with E-state index in [1.807, 2.05) is 0 Å². The molecule has 0 unspecified atom stereocenters. The van der Waals surface area contributed by atoms with Gasteiger partial charge in [-0.25, -0.2) is 4.79 Å². The van der Waals surface area contributed by atoms with Crippen LogP contribution in [0.4, 0.5) is 5.69 Å². The fourth-order valence-electron chi connectivity index (χ4n) is 2.42. The highest BCUT2D eigenvalue weighted by atomic mass is 16.6. The number of nitro groups is 1. The zero-order chi connectivity index (χ0) is 19.3. The monoisotopic (exact) mass is 361 g/mol. The normalized spacial score (nSPS) is 10.2. The maximum atomic E-state index is 12.4. The van der Waals surface area contributed by atoms with Crippen LogP contribution < -0.4 is 14.2 Å². The molecule has 0 saturated carbocycles. The van der Waals surface area contributed by atoms with Crippen LogP contribution in [0.1, 0.15) is 21.5 Å². The van der Waals surface area contributed by atoms with Crippen molar-refractivity contribution in [3.63, 3.8) is 0 Å². The molecule has 0 aliphatic heterocycles. The van der Waals surface area contributed by atoms with Gasteiger partial charge in [-0.15, -0.1) is 0 Å². The van der Waals surface area contributed by atoms with Crippen LogP contribution >= 0.6 is 0 Å². The van der Waals surface area contributed by atoms with Crippen molar-refractivity contribution < 1.29 is 28.7 Å². The second-order valence-electron chi connectivity index (χ2n) is 5.34. The molecule has 2 aromatic carbocycles. The summed E-state index contributed by atoms with van der Waals surface area (Å²) in [6, 6.07) is 7.18. The standard InChI is InChI=1S/C18H19NO7/c1-11-16(24-3)8-12(9-17(11)25-4)18(20)26-10-13-7-14(19(21)22)5-6-15(13)23-2/h5-9H,10H2,1-4H3. The summed E-state index contributed by atoms with van der Waals surface area (Å²) >= 11 is 0. The fourth-order valence-corrected chi connectivity index (χ4v) is 2.42. The quantitative estimate of drug-likeness (QED) is 0.424. The molecule has 0 fully saturated rings. The Hall–Kier alpha value is -3.29. The van der Waals surface area contributed by atoms with Crippen LogP contribution in [0.5, 0.6) is 17.2 Å². The lowest BCUT2D eigenvalue weighted by Gasteiger charge is -2.13. The van der Waals surface area contributed by atoms with E-state index in [0.717, 1.165) is 5.56 Å². The second-order valence-corrected chi connectivity index (χ2v) is 5.34. The number of carbonyl (C=O) groups is 1. The molecular formula is C18H19NO7. The van der Waals surface area contributed by atoms with Crippen molar-refractivity contribution in [1.29, 1.82) is 0 Å². The van der Waals surface area contributed by atoms with E-state index in [1.54, 1.807) is 19.1 Å². The molecule has 0 spiro atoms. The minimum absolute atomic E-state index is 0.115. The lowest BCUT2D eigenvalue weighted by atomic mass is 10.1. The SMILES string of the molecule is COc1ccc([N+](=O)[O-])cc1COC(=O)c1cc(OC)c(C)c(OC)c1. The van der Waals surface area contributed by atoms with E-state index in [1.165, 1.54) is 39.5 Å². The molecule has 0 N–H and O–H groups in total.